The van der Waals surface area contributed by atoms with Crippen molar-refractivity contribution in [1.29, 1.82) is 0 Å². The SMILES string of the molecule is C/C=C(\C)C1(c2cc(-c3nc(Nc4ccc(C(CCC)CCC)cn4)ncc3F)ccc2C)CCCC1. The van der Waals surface area contributed by atoms with Crippen molar-refractivity contribution in [2.24, 2.45) is 0 Å². The van der Waals surface area contributed by atoms with E-state index in [1.165, 1.54) is 54.1 Å². The van der Waals surface area contributed by atoms with Gasteiger partial charge < -0.3 is 5.32 Å². The number of halogens is 1. The molecule has 196 valence electrons. The van der Waals surface area contributed by atoms with Crippen molar-refractivity contribution in [3.63, 3.8) is 0 Å². The summed E-state index contributed by atoms with van der Waals surface area (Å²) in [5.74, 6) is 1.12. The number of anilines is 2. The Morgan fingerprint density at radius 2 is 1.78 bits per heavy atom. The van der Waals surface area contributed by atoms with Crippen LogP contribution >= 0.6 is 0 Å². The second-order valence-corrected chi connectivity index (χ2v) is 10.6. The number of rotatable bonds is 10. The number of hydrogen-bond acceptors (Lipinski definition) is 4. The number of nitrogens with zero attached hydrogens (tertiary/aromatic N) is 3. The largest absolute Gasteiger partial charge is 0.309 e. The highest BCUT2D eigenvalue weighted by atomic mass is 19.1. The number of aromatic nitrogens is 3. The van der Waals surface area contributed by atoms with Gasteiger partial charge >= 0.3 is 0 Å². The standard InChI is InChI=1S/C32H41FN4/c1-6-11-24(12-7-2)26-15-16-29(34-20-26)36-31-35-21-28(33)30(37-31)25-14-13-22(4)27(19-25)32(23(5)8-3)17-9-10-18-32/h8,13-16,19-21,24H,6-7,9-12,17-18H2,1-5H3,(H,34,35,36,37)/b23-8+. The highest BCUT2D eigenvalue weighted by Crippen LogP contribution is 2.48. The lowest BCUT2D eigenvalue weighted by Crippen LogP contribution is -2.25. The summed E-state index contributed by atoms with van der Waals surface area (Å²) in [6.45, 7) is 11.0. The Hall–Kier alpha value is -3.08. The summed E-state index contributed by atoms with van der Waals surface area (Å²) in [5, 5.41) is 3.18. The van der Waals surface area contributed by atoms with Gasteiger partial charge in [0.1, 0.15) is 11.5 Å². The Balaban J connectivity index is 1.62. The summed E-state index contributed by atoms with van der Waals surface area (Å²) in [6, 6.07) is 10.3. The summed E-state index contributed by atoms with van der Waals surface area (Å²) in [6.07, 6.45) is 14.8. The van der Waals surface area contributed by atoms with Gasteiger partial charge in [0.2, 0.25) is 5.95 Å². The number of benzene rings is 1. The van der Waals surface area contributed by atoms with Crippen LogP contribution in [0.2, 0.25) is 0 Å². The van der Waals surface area contributed by atoms with Crippen LogP contribution in [-0.4, -0.2) is 15.0 Å². The molecule has 37 heavy (non-hydrogen) atoms. The molecular formula is C32H41FN4. The highest BCUT2D eigenvalue weighted by molar-refractivity contribution is 5.65. The van der Waals surface area contributed by atoms with Crippen LogP contribution in [0, 0.1) is 12.7 Å². The van der Waals surface area contributed by atoms with Crippen LogP contribution < -0.4 is 5.32 Å². The molecule has 1 aliphatic rings. The van der Waals surface area contributed by atoms with Crippen LogP contribution in [0.1, 0.15) is 102 Å². The first-order valence-electron chi connectivity index (χ1n) is 13.9. The zero-order valence-electron chi connectivity index (χ0n) is 23.1. The van der Waals surface area contributed by atoms with Gasteiger partial charge in [0.25, 0.3) is 0 Å². The molecule has 0 aliphatic heterocycles. The number of allylic oxidation sites excluding steroid dienone is 2. The van der Waals surface area contributed by atoms with Crippen LogP contribution in [0.3, 0.4) is 0 Å². The molecule has 1 saturated carbocycles. The first kappa shape index (κ1) is 27.0. The average molecular weight is 501 g/mol. The molecule has 4 nitrogen and oxygen atoms in total. The van der Waals surface area contributed by atoms with Gasteiger partial charge in [-0.15, -0.1) is 0 Å². The molecule has 1 fully saturated rings. The van der Waals surface area contributed by atoms with E-state index in [0.29, 0.717) is 23.4 Å². The van der Waals surface area contributed by atoms with E-state index in [4.69, 9.17) is 0 Å². The van der Waals surface area contributed by atoms with E-state index in [-0.39, 0.29) is 5.41 Å². The summed E-state index contributed by atoms with van der Waals surface area (Å²) in [5.41, 5.74) is 6.31. The van der Waals surface area contributed by atoms with Crippen LogP contribution in [0.5, 0.6) is 0 Å². The van der Waals surface area contributed by atoms with Gasteiger partial charge in [0.05, 0.1) is 6.20 Å². The smallest absolute Gasteiger partial charge is 0.229 e. The zero-order chi connectivity index (χ0) is 26.4. The van der Waals surface area contributed by atoms with E-state index in [0.717, 1.165) is 31.2 Å². The molecule has 0 unspecified atom stereocenters. The fourth-order valence-electron chi connectivity index (χ4n) is 6.06. The molecule has 2 aromatic heterocycles. The summed E-state index contributed by atoms with van der Waals surface area (Å²) in [4.78, 5) is 13.4. The fourth-order valence-corrected chi connectivity index (χ4v) is 6.06. The van der Waals surface area contributed by atoms with E-state index in [2.05, 4.69) is 79.2 Å². The Labute approximate surface area is 221 Å². The minimum atomic E-state index is -0.422. The van der Waals surface area contributed by atoms with Gasteiger partial charge in [-0.25, -0.2) is 19.3 Å². The maximum atomic E-state index is 15.0. The first-order valence-corrected chi connectivity index (χ1v) is 13.9. The minimum Gasteiger partial charge on any atom is -0.309 e. The van der Waals surface area contributed by atoms with Crippen molar-refractivity contribution in [2.45, 2.75) is 97.3 Å². The lowest BCUT2D eigenvalue weighted by Gasteiger charge is -2.33. The molecule has 0 amide bonds. The molecule has 0 spiro atoms. The van der Waals surface area contributed by atoms with Crippen LogP contribution in [0.25, 0.3) is 11.3 Å². The number of nitrogens with one attached hydrogen (secondary N) is 1. The second-order valence-electron chi connectivity index (χ2n) is 10.6. The molecule has 3 aromatic rings. The van der Waals surface area contributed by atoms with E-state index >= 15 is 4.39 Å². The van der Waals surface area contributed by atoms with Crippen LogP contribution in [0.15, 0.2) is 54.4 Å². The van der Waals surface area contributed by atoms with E-state index in [1.807, 2.05) is 18.3 Å². The van der Waals surface area contributed by atoms with Crippen LogP contribution in [-0.2, 0) is 5.41 Å². The molecule has 1 N–H and O–H groups in total. The van der Waals surface area contributed by atoms with Crippen molar-refractivity contribution in [1.82, 2.24) is 15.0 Å². The normalized spacial score (nSPS) is 15.4. The Morgan fingerprint density at radius 1 is 1.05 bits per heavy atom. The second kappa shape index (κ2) is 12.0. The minimum absolute atomic E-state index is 0.0263. The summed E-state index contributed by atoms with van der Waals surface area (Å²) >= 11 is 0. The molecule has 2 heterocycles. The number of hydrogen-bond donors (Lipinski definition) is 1. The predicted molar refractivity (Wildman–Crippen MR) is 152 cm³/mol. The lowest BCUT2D eigenvalue weighted by molar-refractivity contribution is 0.518. The zero-order valence-corrected chi connectivity index (χ0v) is 23.1. The number of aryl methyl sites for hydroxylation is 1. The summed E-state index contributed by atoms with van der Waals surface area (Å²) in [7, 11) is 0. The molecular weight excluding hydrogens is 459 g/mol. The molecule has 5 heteroatoms. The molecule has 0 bridgehead atoms. The van der Waals surface area contributed by atoms with Gasteiger partial charge in [-0.05, 0) is 81.2 Å². The predicted octanol–water partition coefficient (Wildman–Crippen LogP) is 9.19. The third kappa shape index (κ3) is 5.76. The van der Waals surface area contributed by atoms with E-state index in [9.17, 15) is 0 Å². The topological polar surface area (TPSA) is 50.7 Å². The third-order valence-corrected chi connectivity index (χ3v) is 8.19. The van der Waals surface area contributed by atoms with Gasteiger partial charge in [-0.3, -0.25) is 0 Å². The molecule has 0 atom stereocenters. The first-order chi connectivity index (χ1) is 17.9. The maximum Gasteiger partial charge on any atom is 0.229 e. The number of pyridine rings is 1. The van der Waals surface area contributed by atoms with E-state index in [1.54, 1.807) is 0 Å². The molecule has 0 radical (unpaired) electrons. The van der Waals surface area contributed by atoms with Crippen molar-refractivity contribution < 1.29 is 4.39 Å². The average Bonchev–Trinajstić information content (AvgIpc) is 3.41. The lowest BCUT2D eigenvalue weighted by atomic mass is 9.71. The monoisotopic (exact) mass is 500 g/mol. The van der Waals surface area contributed by atoms with Gasteiger partial charge in [-0.2, -0.15) is 0 Å². The summed E-state index contributed by atoms with van der Waals surface area (Å²) < 4.78 is 15.0. The van der Waals surface area contributed by atoms with Crippen molar-refractivity contribution in [3.8, 4) is 11.3 Å². The Bertz CT molecular complexity index is 1220. The van der Waals surface area contributed by atoms with Gasteiger partial charge in [0.15, 0.2) is 5.82 Å². The van der Waals surface area contributed by atoms with Crippen molar-refractivity contribution in [3.05, 3.63) is 76.9 Å². The van der Waals surface area contributed by atoms with Crippen molar-refractivity contribution in [2.75, 3.05) is 5.32 Å². The fraction of sp³-hybridized carbons (Fsp3) is 0.469. The molecule has 1 aromatic carbocycles. The molecule has 1 aliphatic carbocycles. The van der Waals surface area contributed by atoms with Crippen molar-refractivity contribution >= 4 is 11.8 Å². The van der Waals surface area contributed by atoms with E-state index < -0.39 is 5.82 Å². The quantitative estimate of drug-likeness (QED) is 0.282. The Kier molecular flexibility index (Phi) is 8.73. The Morgan fingerprint density at radius 3 is 2.41 bits per heavy atom. The third-order valence-electron chi connectivity index (χ3n) is 8.19. The maximum absolute atomic E-state index is 15.0. The van der Waals surface area contributed by atoms with Gasteiger partial charge in [0, 0.05) is 17.2 Å². The molecule has 4 rings (SSSR count). The highest BCUT2D eigenvalue weighted by Gasteiger charge is 2.38. The molecule has 0 saturated heterocycles. The van der Waals surface area contributed by atoms with Crippen LogP contribution in [0.4, 0.5) is 16.2 Å². The van der Waals surface area contributed by atoms with Gasteiger partial charge in [-0.1, -0.05) is 69.4 Å².